The minimum atomic E-state index is -0.226. The number of rotatable bonds is 5. The standard InChI is InChI=1S/C16H19N3O2/c1-19(2)13-9-7-12(8-10-13)18-16(20)11-21-15-6-4-3-5-14(15)17/h3-10H,11,17H2,1-2H3,(H,18,20). The van der Waals surface area contributed by atoms with Crippen LogP contribution in [0.1, 0.15) is 0 Å². The molecule has 0 aliphatic heterocycles. The van der Waals surface area contributed by atoms with Gasteiger partial charge in [0.25, 0.3) is 5.91 Å². The van der Waals surface area contributed by atoms with Crippen LogP contribution in [0, 0.1) is 0 Å². The molecular weight excluding hydrogens is 266 g/mol. The molecule has 0 bridgehead atoms. The fourth-order valence-electron chi connectivity index (χ4n) is 1.80. The van der Waals surface area contributed by atoms with Crippen LogP contribution in [-0.4, -0.2) is 26.6 Å². The van der Waals surface area contributed by atoms with Crippen molar-refractivity contribution >= 4 is 23.0 Å². The Morgan fingerprint density at radius 3 is 2.43 bits per heavy atom. The first-order chi connectivity index (χ1) is 10.1. The molecule has 5 heteroatoms. The van der Waals surface area contributed by atoms with Gasteiger partial charge in [-0.15, -0.1) is 0 Å². The molecule has 0 atom stereocenters. The first-order valence-corrected chi connectivity index (χ1v) is 6.61. The van der Waals surface area contributed by atoms with Crippen molar-refractivity contribution in [2.75, 3.05) is 36.7 Å². The molecule has 0 heterocycles. The third-order valence-corrected chi connectivity index (χ3v) is 2.95. The highest BCUT2D eigenvalue weighted by molar-refractivity contribution is 5.92. The van der Waals surface area contributed by atoms with Crippen molar-refractivity contribution < 1.29 is 9.53 Å². The summed E-state index contributed by atoms with van der Waals surface area (Å²) in [5, 5.41) is 2.77. The van der Waals surface area contributed by atoms with Crippen LogP contribution in [0.3, 0.4) is 0 Å². The van der Waals surface area contributed by atoms with Gasteiger partial charge in [-0.1, -0.05) is 12.1 Å². The highest BCUT2D eigenvalue weighted by Gasteiger charge is 2.05. The zero-order chi connectivity index (χ0) is 15.2. The number of nitrogens with two attached hydrogens (primary N) is 1. The van der Waals surface area contributed by atoms with Crippen LogP contribution in [0.4, 0.5) is 17.1 Å². The fraction of sp³-hybridized carbons (Fsp3) is 0.188. The number of ether oxygens (including phenoxy) is 1. The topological polar surface area (TPSA) is 67.6 Å². The van der Waals surface area contributed by atoms with Crippen LogP contribution in [0.15, 0.2) is 48.5 Å². The number of para-hydroxylation sites is 2. The Labute approximate surface area is 124 Å². The molecule has 0 saturated carbocycles. The molecule has 0 saturated heterocycles. The summed E-state index contributed by atoms with van der Waals surface area (Å²) in [6, 6.07) is 14.7. The monoisotopic (exact) mass is 285 g/mol. The molecular formula is C16H19N3O2. The second-order valence-electron chi connectivity index (χ2n) is 4.82. The van der Waals surface area contributed by atoms with Gasteiger partial charge in [0.15, 0.2) is 6.61 Å². The Hall–Kier alpha value is -2.69. The van der Waals surface area contributed by atoms with Gasteiger partial charge in [0.2, 0.25) is 0 Å². The number of carbonyl (C=O) groups excluding carboxylic acids is 1. The summed E-state index contributed by atoms with van der Waals surface area (Å²) in [7, 11) is 3.93. The Morgan fingerprint density at radius 2 is 1.81 bits per heavy atom. The molecule has 5 nitrogen and oxygen atoms in total. The predicted molar refractivity (Wildman–Crippen MR) is 85.7 cm³/mol. The van der Waals surface area contributed by atoms with Gasteiger partial charge in [-0.2, -0.15) is 0 Å². The first kappa shape index (κ1) is 14.7. The van der Waals surface area contributed by atoms with Crippen molar-refractivity contribution in [1.29, 1.82) is 0 Å². The number of anilines is 3. The van der Waals surface area contributed by atoms with E-state index in [1.165, 1.54) is 0 Å². The average molecular weight is 285 g/mol. The van der Waals surface area contributed by atoms with Gasteiger partial charge < -0.3 is 20.7 Å². The second kappa shape index (κ2) is 6.65. The number of hydrogen-bond acceptors (Lipinski definition) is 4. The van der Waals surface area contributed by atoms with Gasteiger partial charge in [-0.25, -0.2) is 0 Å². The normalized spacial score (nSPS) is 10.0. The zero-order valence-electron chi connectivity index (χ0n) is 12.2. The van der Waals surface area contributed by atoms with E-state index in [-0.39, 0.29) is 12.5 Å². The minimum absolute atomic E-state index is 0.0797. The maximum absolute atomic E-state index is 11.8. The van der Waals surface area contributed by atoms with Gasteiger partial charge >= 0.3 is 0 Å². The van der Waals surface area contributed by atoms with E-state index in [1.54, 1.807) is 12.1 Å². The smallest absolute Gasteiger partial charge is 0.262 e. The quantitative estimate of drug-likeness (QED) is 0.828. The van der Waals surface area contributed by atoms with Crippen LogP contribution in [-0.2, 0) is 4.79 Å². The Kier molecular flexibility index (Phi) is 4.66. The molecule has 3 N–H and O–H groups in total. The van der Waals surface area contributed by atoms with Crippen LogP contribution >= 0.6 is 0 Å². The number of nitrogen functional groups attached to an aromatic ring is 1. The minimum Gasteiger partial charge on any atom is -0.482 e. The zero-order valence-corrected chi connectivity index (χ0v) is 12.2. The van der Waals surface area contributed by atoms with Crippen molar-refractivity contribution in [2.24, 2.45) is 0 Å². The van der Waals surface area contributed by atoms with E-state index in [9.17, 15) is 4.79 Å². The number of benzene rings is 2. The molecule has 2 rings (SSSR count). The SMILES string of the molecule is CN(C)c1ccc(NC(=O)COc2ccccc2N)cc1. The van der Waals surface area contributed by atoms with Gasteiger partial charge in [0, 0.05) is 25.5 Å². The van der Waals surface area contributed by atoms with Crippen molar-refractivity contribution in [2.45, 2.75) is 0 Å². The summed E-state index contributed by atoms with van der Waals surface area (Å²) in [6.07, 6.45) is 0. The summed E-state index contributed by atoms with van der Waals surface area (Å²) in [6.45, 7) is -0.0797. The lowest BCUT2D eigenvalue weighted by atomic mass is 10.2. The van der Waals surface area contributed by atoms with E-state index in [4.69, 9.17) is 10.5 Å². The van der Waals surface area contributed by atoms with E-state index < -0.39 is 0 Å². The third-order valence-electron chi connectivity index (χ3n) is 2.95. The molecule has 2 aromatic carbocycles. The van der Waals surface area contributed by atoms with Crippen molar-refractivity contribution in [1.82, 2.24) is 0 Å². The first-order valence-electron chi connectivity index (χ1n) is 6.61. The maximum atomic E-state index is 11.8. The van der Waals surface area contributed by atoms with E-state index in [0.29, 0.717) is 11.4 Å². The molecule has 21 heavy (non-hydrogen) atoms. The van der Waals surface area contributed by atoms with Crippen molar-refractivity contribution in [3.8, 4) is 5.75 Å². The van der Waals surface area contributed by atoms with Crippen LogP contribution in [0.25, 0.3) is 0 Å². The van der Waals surface area contributed by atoms with E-state index in [1.807, 2.05) is 55.4 Å². The lowest BCUT2D eigenvalue weighted by Crippen LogP contribution is -2.20. The summed E-state index contributed by atoms with van der Waals surface area (Å²) in [5.74, 6) is 0.284. The van der Waals surface area contributed by atoms with E-state index in [0.717, 1.165) is 11.4 Å². The molecule has 110 valence electrons. The summed E-state index contributed by atoms with van der Waals surface area (Å²) in [4.78, 5) is 13.8. The van der Waals surface area contributed by atoms with Gasteiger partial charge in [0.1, 0.15) is 5.75 Å². The molecule has 0 aromatic heterocycles. The van der Waals surface area contributed by atoms with Crippen LogP contribution in [0.2, 0.25) is 0 Å². The Balaban J connectivity index is 1.88. The van der Waals surface area contributed by atoms with E-state index in [2.05, 4.69) is 5.32 Å². The van der Waals surface area contributed by atoms with Crippen LogP contribution in [0.5, 0.6) is 5.75 Å². The Morgan fingerprint density at radius 1 is 1.14 bits per heavy atom. The number of nitrogens with zero attached hydrogens (tertiary/aromatic N) is 1. The van der Waals surface area contributed by atoms with E-state index >= 15 is 0 Å². The van der Waals surface area contributed by atoms with Crippen molar-refractivity contribution in [3.05, 3.63) is 48.5 Å². The van der Waals surface area contributed by atoms with Gasteiger partial charge in [-0.3, -0.25) is 4.79 Å². The molecule has 0 radical (unpaired) electrons. The highest BCUT2D eigenvalue weighted by Crippen LogP contribution is 2.20. The lowest BCUT2D eigenvalue weighted by Gasteiger charge is -2.13. The van der Waals surface area contributed by atoms with Crippen molar-refractivity contribution in [3.63, 3.8) is 0 Å². The molecule has 0 aliphatic rings. The van der Waals surface area contributed by atoms with Gasteiger partial charge in [0.05, 0.1) is 5.69 Å². The molecule has 0 unspecified atom stereocenters. The Bertz CT molecular complexity index is 609. The third kappa shape index (κ3) is 4.14. The predicted octanol–water partition coefficient (Wildman–Crippen LogP) is 2.35. The van der Waals surface area contributed by atoms with Crippen LogP contribution < -0.4 is 20.7 Å². The molecule has 0 aliphatic carbocycles. The molecule has 1 amide bonds. The summed E-state index contributed by atoms with van der Waals surface area (Å²) >= 11 is 0. The maximum Gasteiger partial charge on any atom is 0.262 e. The number of hydrogen-bond donors (Lipinski definition) is 2. The molecule has 0 fully saturated rings. The number of nitrogens with one attached hydrogen (secondary N) is 1. The largest absolute Gasteiger partial charge is 0.482 e. The second-order valence-corrected chi connectivity index (χ2v) is 4.82. The average Bonchev–Trinajstić information content (AvgIpc) is 2.47. The summed E-state index contributed by atoms with van der Waals surface area (Å²) in [5.41, 5.74) is 8.06. The molecule has 2 aromatic rings. The molecule has 0 spiro atoms. The lowest BCUT2D eigenvalue weighted by molar-refractivity contribution is -0.118. The number of carbonyl (C=O) groups is 1. The van der Waals surface area contributed by atoms with Gasteiger partial charge in [-0.05, 0) is 36.4 Å². The highest BCUT2D eigenvalue weighted by atomic mass is 16.5. The fourth-order valence-corrected chi connectivity index (χ4v) is 1.80. The summed E-state index contributed by atoms with van der Waals surface area (Å²) < 4.78 is 5.39. The number of amides is 1.